The van der Waals surface area contributed by atoms with Crippen molar-refractivity contribution in [1.82, 2.24) is 9.55 Å². The standard InChI is InChI=1S/C14H12ClN3O/c1-19-9-6-7-10(15)13(8-9)18-12-5-3-2-4-11(12)17-14(18)16/h2-8H,1H3,(H2,16,17). The van der Waals surface area contributed by atoms with Crippen LogP contribution < -0.4 is 10.5 Å². The highest BCUT2D eigenvalue weighted by molar-refractivity contribution is 6.32. The molecule has 0 saturated carbocycles. The summed E-state index contributed by atoms with van der Waals surface area (Å²) in [5, 5.41) is 0.593. The van der Waals surface area contributed by atoms with Gasteiger partial charge in [-0.05, 0) is 24.3 Å². The second-order valence-electron chi connectivity index (χ2n) is 4.11. The highest BCUT2D eigenvalue weighted by Crippen LogP contribution is 2.30. The van der Waals surface area contributed by atoms with Gasteiger partial charge in [-0.25, -0.2) is 4.98 Å². The van der Waals surface area contributed by atoms with Crippen LogP contribution in [0.1, 0.15) is 0 Å². The van der Waals surface area contributed by atoms with E-state index >= 15 is 0 Å². The summed E-state index contributed by atoms with van der Waals surface area (Å²) in [4.78, 5) is 4.33. The largest absolute Gasteiger partial charge is 0.497 e. The van der Waals surface area contributed by atoms with Crippen molar-refractivity contribution in [3.8, 4) is 11.4 Å². The maximum atomic E-state index is 6.26. The lowest BCUT2D eigenvalue weighted by atomic mass is 10.2. The maximum Gasteiger partial charge on any atom is 0.205 e. The number of nitrogens with zero attached hydrogens (tertiary/aromatic N) is 2. The van der Waals surface area contributed by atoms with Crippen LogP contribution in [0.25, 0.3) is 16.7 Å². The summed E-state index contributed by atoms with van der Waals surface area (Å²) in [5.41, 5.74) is 8.50. The molecule has 3 rings (SSSR count). The highest BCUT2D eigenvalue weighted by atomic mass is 35.5. The number of nitrogen functional groups attached to an aromatic ring is 1. The highest BCUT2D eigenvalue weighted by Gasteiger charge is 2.13. The fraction of sp³-hybridized carbons (Fsp3) is 0.0714. The van der Waals surface area contributed by atoms with Crippen molar-refractivity contribution in [2.45, 2.75) is 0 Å². The number of para-hydroxylation sites is 2. The molecule has 0 aliphatic rings. The van der Waals surface area contributed by atoms with E-state index in [0.29, 0.717) is 11.0 Å². The molecule has 1 aromatic heterocycles. The lowest BCUT2D eigenvalue weighted by Gasteiger charge is -2.10. The Bertz CT molecular complexity index is 752. The Balaban J connectivity index is 2.32. The molecule has 5 heteroatoms. The molecule has 0 radical (unpaired) electrons. The van der Waals surface area contributed by atoms with Crippen LogP contribution in [-0.2, 0) is 0 Å². The number of rotatable bonds is 2. The van der Waals surface area contributed by atoms with Gasteiger partial charge in [-0.2, -0.15) is 0 Å². The molecular weight excluding hydrogens is 262 g/mol. The number of anilines is 1. The zero-order valence-electron chi connectivity index (χ0n) is 10.3. The Morgan fingerprint density at radius 2 is 2.00 bits per heavy atom. The van der Waals surface area contributed by atoms with Crippen LogP contribution >= 0.6 is 11.6 Å². The first kappa shape index (κ1) is 11.9. The fourth-order valence-corrected chi connectivity index (χ4v) is 2.29. The summed E-state index contributed by atoms with van der Waals surface area (Å²) in [5.74, 6) is 1.12. The van der Waals surface area contributed by atoms with Crippen molar-refractivity contribution >= 4 is 28.6 Å². The summed E-state index contributed by atoms with van der Waals surface area (Å²) in [6.07, 6.45) is 0. The van der Waals surface area contributed by atoms with Crippen LogP contribution in [-0.4, -0.2) is 16.7 Å². The van der Waals surface area contributed by atoms with Crippen molar-refractivity contribution in [1.29, 1.82) is 0 Å². The normalized spacial score (nSPS) is 10.8. The van der Waals surface area contributed by atoms with E-state index in [0.717, 1.165) is 22.5 Å². The van der Waals surface area contributed by atoms with Gasteiger partial charge in [-0.3, -0.25) is 4.57 Å². The van der Waals surface area contributed by atoms with E-state index < -0.39 is 0 Å². The zero-order valence-corrected chi connectivity index (χ0v) is 11.1. The molecule has 2 N–H and O–H groups in total. The average molecular weight is 274 g/mol. The first-order valence-electron chi connectivity index (χ1n) is 5.77. The molecule has 0 unspecified atom stereocenters. The van der Waals surface area contributed by atoms with Crippen LogP contribution in [0.3, 0.4) is 0 Å². The number of methoxy groups -OCH3 is 1. The van der Waals surface area contributed by atoms with Crippen LogP contribution in [0.5, 0.6) is 5.75 Å². The molecule has 1 heterocycles. The first-order chi connectivity index (χ1) is 9.20. The van der Waals surface area contributed by atoms with Crippen LogP contribution in [0.2, 0.25) is 5.02 Å². The Morgan fingerprint density at radius 1 is 1.21 bits per heavy atom. The van der Waals surface area contributed by atoms with Crippen molar-refractivity contribution in [2.75, 3.05) is 12.8 Å². The minimum atomic E-state index is 0.399. The topological polar surface area (TPSA) is 53.1 Å². The molecule has 0 spiro atoms. The van der Waals surface area contributed by atoms with Gasteiger partial charge >= 0.3 is 0 Å². The second kappa shape index (κ2) is 4.48. The van der Waals surface area contributed by atoms with E-state index in [4.69, 9.17) is 22.1 Å². The summed E-state index contributed by atoms with van der Waals surface area (Å²) < 4.78 is 7.05. The van der Waals surface area contributed by atoms with Gasteiger partial charge in [0.15, 0.2) is 0 Å². The van der Waals surface area contributed by atoms with E-state index in [1.165, 1.54) is 0 Å². The smallest absolute Gasteiger partial charge is 0.205 e. The molecule has 2 aromatic carbocycles. The molecule has 0 saturated heterocycles. The van der Waals surface area contributed by atoms with E-state index in [1.807, 2.05) is 34.9 Å². The zero-order chi connectivity index (χ0) is 13.4. The lowest BCUT2D eigenvalue weighted by molar-refractivity contribution is 0.414. The summed E-state index contributed by atoms with van der Waals surface area (Å²) in [7, 11) is 1.61. The molecular formula is C14H12ClN3O. The van der Waals surface area contributed by atoms with Crippen LogP contribution in [0.4, 0.5) is 5.95 Å². The molecule has 96 valence electrons. The summed E-state index contributed by atoms with van der Waals surface area (Å²) >= 11 is 6.26. The number of nitrogens with two attached hydrogens (primary N) is 1. The third-order valence-corrected chi connectivity index (χ3v) is 3.30. The molecule has 0 bridgehead atoms. The van der Waals surface area contributed by atoms with Gasteiger partial charge in [0, 0.05) is 6.07 Å². The molecule has 0 aliphatic carbocycles. The molecule has 0 fully saturated rings. The van der Waals surface area contributed by atoms with Gasteiger partial charge < -0.3 is 10.5 Å². The Morgan fingerprint density at radius 3 is 2.79 bits per heavy atom. The van der Waals surface area contributed by atoms with Crippen molar-refractivity contribution in [3.63, 3.8) is 0 Å². The monoisotopic (exact) mass is 273 g/mol. The van der Waals surface area contributed by atoms with Crippen molar-refractivity contribution in [3.05, 3.63) is 47.5 Å². The minimum Gasteiger partial charge on any atom is -0.497 e. The third kappa shape index (κ3) is 1.90. The molecule has 3 aromatic rings. The van der Waals surface area contributed by atoms with Gasteiger partial charge in [0.1, 0.15) is 5.75 Å². The number of hydrogen-bond acceptors (Lipinski definition) is 3. The predicted octanol–water partition coefficient (Wildman–Crippen LogP) is 3.27. The fourth-order valence-electron chi connectivity index (χ4n) is 2.09. The molecule has 0 aliphatic heterocycles. The van der Waals surface area contributed by atoms with E-state index in [2.05, 4.69) is 4.98 Å². The van der Waals surface area contributed by atoms with Crippen LogP contribution in [0, 0.1) is 0 Å². The van der Waals surface area contributed by atoms with Gasteiger partial charge in [0.2, 0.25) is 5.95 Å². The van der Waals surface area contributed by atoms with Gasteiger partial charge in [0.05, 0.1) is 28.9 Å². The number of benzene rings is 2. The number of halogens is 1. The van der Waals surface area contributed by atoms with E-state index in [1.54, 1.807) is 19.2 Å². The maximum absolute atomic E-state index is 6.26. The number of ether oxygens (including phenoxy) is 1. The van der Waals surface area contributed by atoms with Gasteiger partial charge in [-0.1, -0.05) is 23.7 Å². The Labute approximate surface area is 115 Å². The van der Waals surface area contributed by atoms with E-state index in [9.17, 15) is 0 Å². The Hall–Kier alpha value is -2.20. The third-order valence-electron chi connectivity index (χ3n) is 2.98. The lowest BCUT2D eigenvalue weighted by Crippen LogP contribution is -2.01. The number of aromatic nitrogens is 2. The SMILES string of the molecule is COc1ccc(Cl)c(-n2c(N)nc3ccccc32)c1. The Kier molecular flexibility index (Phi) is 2.80. The summed E-state index contributed by atoms with van der Waals surface area (Å²) in [6, 6.07) is 13.2. The van der Waals surface area contributed by atoms with Gasteiger partial charge in [-0.15, -0.1) is 0 Å². The second-order valence-corrected chi connectivity index (χ2v) is 4.52. The quantitative estimate of drug-likeness (QED) is 0.780. The molecule has 0 amide bonds. The molecule has 4 nitrogen and oxygen atoms in total. The number of hydrogen-bond donors (Lipinski definition) is 1. The average Bonchev–Trinajstić information content (AvgIpc) is 2.75. The number of fused-ring (bicyclic) bond motifs is 1. The predicted molar refractivity (Wildman–Crippen MR) is 77.0 cm³/mol. The van der Waals surface area contributed by atoms with Crippen molar-refractivity contribution in [2.24, 2.45) is 0 Å². The van der Waals surface area contributed by atoms with Crippen molar-refractivity contribution < 1.29 is 4.74 Å². The van der Waals surface area contributed by atoms with Crippen LogP contribution in [0.15, 0.2) is 42.5 Å². The summed E-state index contributed by atoms with van der Waals surface area (Å²) in [6.45, 7) is 0. The van der Waals surface area contributed by atoms with E-state index in [-0.39, 0.29) is 0 Å². The van der Waals surface area contributed by atoms with Gasteiger partial charge in [0.25, 0.3) is 0 Å². The molecule has 0 atom stereocenters. The minimum absolute atomic E-state index is 0.399. The molecule has 19 heavy (non-hydrogen) atoms. The number of imidazole rings is 1. The first-order valence-corrected chi connectivity index (χ1v) is 6.15.